The number of hydrogen-bond acceptors (Lipinski definition) is 2. The molecule has 0 aliphatic carbocycles. The van der Waals surface area contributed by atoms with E-state index in [2.05, 4.69) is 35.8 Å². The second kappa shape index (κ2) is 7.46. The Bertz CT molecular complexity index is 309. The maximum absolute atomic E-state index is 10.1. The highest BCUT2D eigenvalue weighted by atomic mass is 79.9. The zero-order chi connectivity index (χ0) is 12.0. The van der Waals surface area contributed by atoms with Crippen LogP contribution in [0.1, 0.15) is 61.3 Å². The molecule has 1 aromatic rings. The van der Waals surface area contributed by atoms with Crippen molar-refractivity contribution in [1.82, 2.24) is 0 Å². The van der Waals surface area contributed by atoms with Gasteiger partial charge in [-0.3, -0.25) is 0 Å². The van der Waals surface area contributed by atoms with Crippen molar-refractivity contribution >= 4 is 27.3 Å². The molecule has 3 heteroatoms. The van der Waals surface area contributed by atoms with E-state index in [1.54, 1.807) is 11.3 Å². The summed E-state index contributed by atoms with van der Waals surface area (Å²) in [6.45, 7) is 4.30. The van der Waals surface area contributed by atoms with E-state index in [9.17, 15) is 5.11 Å². The van der Waals surface area contributed by atoms with Crippen molar-refractivity contribution in [2.24, 2.45) is 0 Å². The predicted molar refractivity (Wildman–Crippen MR) is 75.1 cm³/mol. The van der Waals surface area contributed by atoms with Gasteiger partial charge in [0.2, 0.25) is 0 Å². The number of halogens is 1. The van der Waals surface area contributed by atoms with Crippen molar-refractivity contribution in [3.05, 3.63) is 20.3 Å². The number of unbranched alkanes of at least 4 members (excludes halogenated alkanes) is 4. The normalized spacial score (nSPS) is 13.0. The van der Waals surface area contributed by atoms with Gasteiger partial charge in [-0.2, -0.15) is 0 Å². The summed E-state index contributed by atoms with van der Waals surface area (Å²) >= 11 is 5.20. The van der Waals surface area contributed by atoms with Crippen molar-refractivity contribution < 1.29 is 5.11 Å². The first-order chi connectivity index (χ1) is 7.65. The topological polar surface area (TPSA) is 20.2 Å². The van der Waals surface area contributed by atoms with E-state index in [4.69, 9.17) is 0 Å². The Labute approximate surface area is 111 Å². The summed E-state index contributed by atoms with van der Waals surface area (Å²) in [5, 5.41) is 10.1. The molecular formula is C13H21BrOS. The van der Waals surface area contributed by atoms with E-state index in [0.717, 1.165) is 22.2 Å². The first kappa shape index (κ1) is 14.2. The zero-order valence-electron chi connectivity index (χ0n) is 10.1. The van der Waals surface area contributed by atoms with Crippen LogP contribution in [0, 0.1) is 6.92 Å². The molecule has 1 N–H and O–H groups in total. The first-order valence-electron chi connectivity index (χ1n) is 6.09. The molecule has 0 aromatic carbocycles. The van der Waals surface area contributed by atoms with Crippen LogP contribution in [0.5, 0.6) is 0 Å². The molecule has 0 radical (unpaired) electrons. The summed E-state index contributed by atoms with van der Waals surface area (Å²) in [4.78, 5) is 2.35. The molecule has 0 spiro atoms. The monoisotopic (exact) mass is 304 g/mol. The summed E-state index contributed by atoms with van der Waals surface area (Å²) in [6.07, 6.45) is 6.87. The molecule has 1 aromatic heterocycles. The molecule has 16 heavy (non-hydrogen) atoms. The Balaban J connectivity index is 2.29. The molecule has 1 heterocycles. The average Bonchev–Trinajstić information content (AvgIpc) is 2.57. The number of hydrogen-bond donors (Lipinski definition) is 1. The molecule has 1 unspecified atom stereocenters. The highest BCUT2D eigenvalue weighted by Crippen LogP contribution is 2.34. The predicted octanol–water partition coefficient (Wildman–Crippen LogP) is 5.21. The van der Waals surface area contributed by atoms with Crippen LogP contribution in [0.3, 0.4) is 0 Å². The number of rotatable bonds is 7. The van der Waals surface area contributed by atoms with Crippen LogP contribution >= 0.6 is 27.3 Å². The number of aliphatic hydroxyl groups is 1. The van der Waals surface area contributed by atoms with Gasteiger partial charge in [-0.1, -0.05) is 39.0 Å². The van der Waals surface area contributed by atoms with Gasteiger partial charge in [-0.05, 0) is 35.3 Å². The molecule has 92 valence electrons. The summed E-state index contributed by atoms with van der Waals surface area (Å²) in [7, 11) is 0. The second-order valence-corrected chi connectivity index (χ2v) is 6.43. The van der Waals surface area contributed by atoms with Crippen LogP contribution < -0.4 is 0 Å². The zero-order valence-corrected chi connectivity index (χ0v) is 12.5. The second-order valence-electron chi connectivity index (χ2n) is 4.29. The van der Waals surface area contributed by atoms with Gasteiger partial charge in [-0.25, -0.2) is 0 Å². The minimum absolute atomic E-state index is 0.283. The van der Waals surface area contributed by atoms with E-state index < -0.39 is 0 Å². The van der Waals surface area contributed by atoms with Crippen LogP contribution in [-0.4, -0.2) is 5.11 Å². The van der Waals surface area contributed by atoms with Gasteiger partial charge in [0.15, 0.2) is 0 Å². The van der Waals surface area contributed by atoms with Gasteiger partial charge >= 0.3 is 0 Å². The SMILES string of the molecule is CCCCCCCC(O)c1sc(C)cc1Br. The minimum atomic E-state index is -0.283. The molecule has 0 fully saturated rings. The maximum Gasteiger partial charge on any atom is 0.0893 e. The standard InChI is InChI=1S/C13H21BrOS/c1-3-4-5-6-7-8-12(15)13-11(14)9-10(2)16-13/h9,12,15H,3-8H2,1-2H3. The fraction of sp³-hybridized carbons (Fsp3) is 0.692. The van der Waals surface area contributed by atoms with E-state index in [1.807, 2.05) is 0 Å². The Morgan fingerprint density at radius 1 is 1.31 bits per heavy atom. The Kier molecular flexibility index (Phi) is 6.62. The van der Waals surface area contributed by atoms with Crippen LogP contribution in [0.2, 0.25) is 0 Å². The number of aliphatic hydroxyl groups excluding tert-OH is 1. The summed E-state index contributed by atoms with van der Waals surface area (Å²) in [5.74, 6) is 0. The van der Waals surface area contributed by atoms with E-state index in [0.29, 0.717) is 0 Å². The Morgan fingerprint density at radius 2 is 2.00 bits per heavy atom. The van der Waals surface area contributed by atoms with E-state index in [-0.39, 0.29) is 6.10 Å². The van der Waals surface area contributed by atoms with Gasteiger partial charge in [-0.15, -0.1) is 11.3 Å². The quantitative estimate of drug-likeness (QED) is 0.685. The lowest BCUT2D eigenvalue weighted by Crippen LogP contribution is -1.95. The third-order valence-electron chi connectivity index (χ3n) is 2.72. The lowest BCUT2D eigenvalue weighted by Gasteiger charge is -2.09. The molecule has 0 amide bonds. The summed E-state index contributed by atoms with van der Waals surface area (Å²) in [6, 6.07) is 2.08. The van der Waals surface area contributed by atoms with Crippen LogP contribution in [0.4, 0.5) is 0 Å². The molecule has 0 aliphatic rings. The smallest absolute Gasteiger partial charge is 0.0893 e. The van der Waals surface area contributed by atoms with Crippen molar-refractivity contribution in [3.63, 3.8) is 0 Å². The maximum atomic E-state index is 10.1. The Hall–Kier alpha value is 0.140. The number of thiophene rings is 1. The van der Waals surface area contributed by atoms with E-state index in [1.165, 1.54) is 30.6 Å². The van der Waals surface area contributed by atoms with Crippen molar-refractivity contribution in [2.45, 2.75) is 58.5 Å². The fourth-order valence-corrected chi connectivity index (χ4v) is 3.74. The Morgan fingerprint density at radius 3 is 2.56 bits per heavy atom. The van der Waals surface area contributed by atoms with Crippen LogP contribution in [-0.2, 0) is 0 Å². The van der Waals surface area contributed by atoms with Crippen LogP contribution in [0.25, 0.3) is 0 Å². The number of aryl methyl sites for hydroxylation is 1. The van der Waals surface area contributed by atoms with Crippen molar-refractivity contribution in [1.29, 1.82) is 0 Å². The molecule has 0 saturated carbocycles. The van der Waals surface area contributed by atoms with Gasteiger partial charge < -0.3 is 5.11 Å². The molecule has 0 saturated heterocycles. The van der Waals surface area contributed by atoms with Crippen molar-refractivity contribution in [2.75, 3.05) is 0 Å². The largest absolute Gasteiger partial charge is 0.388 e. The highest BCUT2D eigenvalue weighted by Gasteiger charge is 2.13. The molecule has 0 aliphatic heterocycles. The highest BCUT2D eigenvalue weighted by molar-refractivity contribution is 9.10. The molecule has 1 nitrogen and oxygen atoms in total. The lowest BCUT2D eigenvalue weighted by molar-refractivity contribution is 0.166. The third kappa shape index (κ3) is 4.56. The molecular weight excluding hydrogens is 284 g/mol. The van der Waals surface area contributed by atoms with E-state index >= 15 is 0 Å². The van der Waals surface area contributed by atoms with Gasteiger partial charge in [0.05, 0.1) is 6.10 Å². The summed E-state index contributed by atoms with van der Waals surface area (Å²) < 4.78 is 1.07. The molecule has 1 atom stereocenters. The van der Waals surface area contributed by atoms with Crippen molar-refractivity contribution in [3.8, 4) is 0 Å². The average molecular weight is 305 g/mol. The van der Waals surface area contributed by atoms with Gasteiger partial charge in [0, 0.05) is 14.2 Å². The first-order valence-corrected chi connectivity index (χ1v) is 7.70. The minimum Gasteiger partial charge on any atom is -0.388 e. The summed E-state index contributed by atoms with van der Waals surface area (Å²) in [5.41, 5.74) is 0. The fourth-order valence-electron chi connectivity index (χ4n) is 1.80. The third-order valence-corrected chi connectivity index (χ3v) is 4.79. The lowest BCUT2D eigenvalue weighted by atomic mass is 10.1. The van der Waals surface area contributed by atoms with Gasteiger partial charge in [0.1, 0.15) is 0 Å². The molecule has 1 rings (SSSR count). The van der Waals surface area contributed by atoms with Gasteiger partial charge in [0.25, 0.3) is 0 Å². The van der Waals surface area contributed by atoms with Crippen LogP contribution in [0.15, 0.2) is 10.5 Å². The molecule has 0 bridgehead atoms.